The lowest BCUT2D eigenvalue weighted by molar-refractivity contribution is 0.0759. The summed E-state index contributed by atoms with van der Waals surface area (Å²) in [6, 6.07) is 7.38. The molecule has 138 valence electrons. The van der Waals surface area contributed by atoms with Gasteiger partial charge in [0.2, 0.25) is 0 Å². The highest BCUT2D eigenvalue weighted by Crippen LogP contribution is 2.23. The summed E-state index contributed by atoms with van der Waals surface area (Å²) in [4.78, 5) is 23.6. The lowest BCUT2D eigenvalue weighted by Crippen LogP contribution is -2.32. The van der Waals surface area contributed by atoms with Gasteiger partial charge in [-0.25, -0.2) is 4.98 Å². The molecule has 2 aromatic rings. The normalized spacial score (nSPS) is 17.5. The summed E-state index contributed by atoms with van der Waals surface area (Å²) in [5.41, 5.74) is 1.71. The summed E-state index contributed by atoms with van der Waals surface area (Å²) in [5, 5.41) is 2.98. The number of rotatable bonds is 5. The SMILES string of the molecule is CNc1cnc(CC2CCCN(C(=O)c3cccc(OC)c3)CC2)cn1. The van der Waals surface area contributed by atoms with E-state index in [2.05, 4.69) is 15.3 Å². The van der Waals surface area contributed by atoms with Gasteiger partial charge in [0.05, 0.1) is 25.2 Å². The number of hydrogen-bond donors (Lipinski definition) is 1. The molecule has 0 aliphatic carbocycles. The first-order chi connectivity index (χ1) is 12.7. The van der Waals surface area contributed by atoms with Crippen molar-refractivity contribution in [2.24, 2.45) is 5.92 Å². The minimum absolute atomic E-state index is 0.0858. The molecule has 1 N–H and O–H groups in total. The van der Waals surface area contributed by atoms with Gasteiger partial charge in [-0.3, -0.25) is 9.78 Å². The molecule has 1 aliphatic rings. The molecule has 1 aromatic carbocycles. The highest BCUT2D eigenvalue weighted by molar-refractivity contribution is 5.94. The van der Waals surface area contributed by atoms with E-state index in [0.717, 1.165) is 50.3 Å². The summed E-state index contributed by atoms with van der Waals surface area (Å²) >= 11 is 0. The zero-order valence-corrected chi connectivity index (χ0v) is 15.4. The number of carbonyl (C=O) groups is 1. The number of likely N-dealkylation sites (tertiary alicyclic amines) is 1. The zero-order chi connectivity index (χ0) is 18.4. The molecule has 6 heteroatoms. The van der Waals surface area contributed by atoms with Gasteiger partial charge in [-0.1, -0.05) is 6.07 Å². The Hall–Kier alpha value is -2.63. The minimum atomic E-state index is 0.0858. The number of anilines is 1. The number of aromatic nitrogens is 2. The summed E-state index contributed by atoms with van der Waals surface area (Å²) in [6.45, 7) is 1.58. The fraction of sp³-hybridized carbons (Fsp3) is 0.450. The van der Waals surface area contributed by atoms with Crippen molar-refractivity contribution in [1.82, 2.24) is 14.9 Å². The Bertz CT molecular complexity index is 733. The molecule has 1 amide bonds. The van der Waals surface area contributed by atoms with E-state index in [4.69, 9.17) is 4.74 Å². The van der Waals surface area contributed by atoms with Gasteiger partial charge in [0.15, 0.2) is 0 Å². The maximum absolute atomic E-state index is 12.8. The van der Waals surface area contributed by atoms with Gasteiger partial charge < -0.3 is 15.0 Å². The first-order valence-electron chi connectivity index (χ1n) is 9.11. The number of ether oxygens (including phenoxy) is 1. The summed E-state index contributed by atoms with van der Waals surface area (Å²) in [7, 11) is 3.45. The van der Waals surface area contributed by atoms with E-state index < -0.39 is 0 Å². The van der Waals surface area contributed by atoms with Crippen LogP contribution in [0.3, 0.4) is 0 Å². The van der Waals surface area contributed by atoms with Crippen LogP contribution in [0.4, 0.5) is 5.82 Å². The smallest absolute Gasteiger partial charge is 0.253 e. The fourth-order valence-electron chi connectivity index (χ4n) is 3.40. The number of hydrogen-bond acceptors (Lipinski definition) is 5. The summed E-state index contributed by atoms with van der Waals surface area (Å²) < 4.78 is 5.23. The van der Waals surface area contributed by atoms with Crippen LogP contribution in [0.1, 0.15) is 35.3 Å². The molecule has 0 spiro atoms. The second-order valence-corrected chi connectivity index (χ2v) is 6.67. The molecule has 26 heavy (non-hydrogen) atoms. The van der Waals surface area contributed by atoms with Gasteiger partial charge in [-0.05, 0) is 49.8 Å². The van der Waals surface area contributed by atoms with Crippen LogP contribution >= 0.6 is 0 Å². The highest BCUT2D eigenvalue weighted by atomic mass is 16.5. The predicted molar refractivity (Wildman–Crippen MR) is 102 cm³/mol. The minimum Gasteiger partial charge on any atom is -0.497 e. The van der Waals surface area contributed by atoms with E-state index in [0.29, 0.717) is 17.2 Å². The van der Waals surface area contributed by atoms with Crippen LogP contribution in [0.5, 0.6) is 5.75 Å². The van der Waals surface area contributed by atoms with E-state index in [1.165, 1.54) is 0 Å². The number of nitrogens with one attached hydrogen (secondary N) is 1. The molecular formula is C20H26N4O2. The number of benzene rings is 1. The van der Waals surface area contributed by atoms with Crippen molar-refractivity contribution in [3.8, 4) is 5.75 Å². The Morgan fingerprint density at radius 1 is 1.27 bits per heavy atom. The molecule has 1 fully saturated rings. The summed E-state index contributed by atoms with van der Waals surface area (Å²) in [5.74, 6) is 2.12. The van der Waals surface area contributed by atoms with Gasteiger partial charge in [-0.15, -0.1) is 0 Å². The third kappa shape index (κ3) is 4.50. The molecule has 6 nitrogen and oxygen atoms in total. The van der Waals surface area contributed by atoms with Gasteiger partial charge in [-0.2, -0.15) is 0 Å². The Labute approximate surface area is 154 Å². The molecule has 3 rings (SSSR count). The van der Waals surface area contributed by atoms with Crippen LogP contribution in [-0.4, -0.2) is 48.0 Å². The second kappa shape index (κ2) is 8.65. The van der Waals surface area contributed by atoms with E-state index in [1.807, 2.05) is 42.4 Å². The van der Waals surface area contributed by atoms with Crippen molar-refractivity contribution in [1.29, 1.82) is 0 Å². The molecule has 0 saturated carbocycles. The van der Waals surface area contributed by atoms with Gasteiger partial charge in [0.1, 0.15) is 11.6 Å². The van der Waals surface area contributed by atoms with E-state index >= 15 is 0 Å². The molecule has 1 aliphatic heterocycles. The highest BCUT2D eigenvalue weighted by Gasteiger charge is 2.22. The predicted octanol–water partition coefficient (Wildman–Crippen LogP) is 3.01. The third-order valence-electron chi connectivity index (χ3n) is 4.91. The average molecular weight is 354 g/mol. The van der Waals surface area contributed by atoms with Crippen LogP contribution in [0.2, 0.25) is 0 Å². The van der Waals surface area contributed by atoms with E-state index in [1.54, 1.807) is 13.3 Å². The average Bonchev–Trinajstić information content (AvgIpc) is 2.93. The molecule has 1 unspecified atom stereocenters. The fourth-order valence-corrected chi connectivity index (χ4v) is 3.40. The molecule has 2 heterocycles. The van der Waals surface area contributed by atoms with Crippen molar-refractivity contribution in [2.45, 2.75) is 25.7 Å². The topological polar surface area (TPSA) is 67.4 Å². The number of methoxy groups -OCH3 is 1. The monoisotopic (exact) mass is 354 g/mol. The largest absolute Gasteiger partial charge is 0.497 e. The zero-order valence-electron chi connectivity index (χ0n) is 15.4. The number of amides is 1. The Balaban J connectivity index is 1.59. The quantitative estimate of drug-likeness (QED) is 0.894. The van der Waals surface area contributed by atoms with Crippen molar-refractivity contribution >= 4 is 11.7 Å². The van der Waals surface area contributed by atoms with Crippen LogP contribution in [0, 0.1) is 5.92 Å². The second-order valence-electron chi connectivity index (χ2n) is 6.67. The van der Waals surface area contributed by atoms with Crippen LogP contribution in [-0.2, 0) is 6.42 Å². The third-order valence-corrected chi connectivity index (χ3v) is 4.91. The van der Waals surface area contributed by atoms with Crippen LogP contribution in [0.25, 0.3) is 0 Å². The lowest BCUT2D eigenvalue weighted by atomic mass is 9.95. The van der Waals surface area contributed by atoms with Crippen LogP contribution < -0.4 is 10.1 Å². The van der Waals surface area contributed by atoms with Gasteiger partial charge in [0, 0.05) is 25.7 Å². The van der Waals surface area contributed by atoms with Crippen LogP contribution in [0.15, 0.2) is 36.7 Å². The summed E-state index contributed by atoms with van der Waals surface area (Å²) in [6.07, 6.45) is 7.64. The van der Waals surface area contributed by atoms with E-state index in [-0.39, 0.29) is 5.91 Å². The molecule has 0 bridgehead atoms. The molecular weight excluding hydrogens is 328 g/mol. The Kier molecular flexibility index (Phi) is 6.04. The first kappa shape index (κ1) is 18.2. The molecule has 0 radical (unpaired) electrons. The van der Waals surface area contributed by atoms with Gasteiger partial charge in [0.25, 0.3) is 5.91 Å². The van der Waals surface area contributed by atoms with Gasteiger partial charge >= 0.3 is 0 Å². The molecule has 1 saturated heterocycles. The standard InChI is InChI=1S/C20H26N4O2/c1-21-19-14-22-17(13-23-19)11-15-5-4-9-24(10-8-15)20(25)16-6-3-7-18(12-16)26-2/h3,6-7,12-15H,4-5,8-11H2,1-2H3,(H,21,23). The van der Waals surface area contributed by atoms with Crippen molar-refractivity contribution < 1.29 is 9.53 Å². The Morgan fingerprint density at radius 2 is 2.15 bits per heavy atom. The number of carbonyl (C=O) groups excluding carboxylic acids is 1. The first-order valence-corrected chi connectivity index (χ1v) is 9.11. The van der Waals surface area contributed by atoms with Crippen molar-refractivity contribution in [3.63, 3.8) is 0 Å². The lowest BCUT2D eigenvalue weighted by Gasteiger charge is -2.21. The van der Waals surface area contributed by atoms with Crippen molar-refractivity contribution in [2.75, 3.05) is 32.6 Å². The maximum Gasteiger partial charge on any atom is 0.253 e. The number of nitrogens with zero attached hydrogens (tertiary/aromatic N) is 3. The van der Waals surface area contributed by atoms with E-state index in [9.17, 15) is 4.79 Å². The molecule has 1 atom stereocenters. The Morgan fingerprint density at radius 3 is 2.88 bits per heavy atom. The van der Waals surface area contributed by atoms with Crippen molar-refractivity contribution in [3.05, 3.63) is 47.9 Å². The molecule has 1 aromatic heterocycles. The maximum atomic E-state index is 12.8.